The summed E-state index contributed by atoms with van der Waals surface area (Å²) in [5.74, 6) is 0. The van der Waals surface area contributed by atoms with Crippen molar-refractivity contribution >= 4 is 5.69 Å². The van der Waals surface area contributed by atoms with E-state index in [1.54, 1.807) is 0 Å². The van der Waals surface area contributed by atoms with E-state index >= 15 is 0 Å². The minimum atomic E-state index is -4.94. The summed E-state index contributed by atoms with van der Waals surface area (Å²) in [5, 5.41) is 0. The van der Waals surface area contributed by atoms with Crippen LogP contribution in [0.2, 0.25) is 0 Å². The smallest absolute Gasteiger partial charge is 0.132 e. The van der Waals surface area contributed by atoms with E-state index in [1.807, 2.05) is 0 Å². The molecular formula is C10H16ClNO4. The number of hydrogen-bond acceptors (Lipinski definition) is 4. The second-order valence-corrected chi connectivity index (χ2v) is 4.98. The Morgan fingerprint density at radius 3 is 1.44 bits per heavy atom. The fourth-order valence-electron chi connectivity index (χ4n) is 0.992. The molecule has 0 unspecified atom stereocenters. The Labute approximate surface area is 97.5 Å². The van der Waals surface area contributed by atoms with Crippen LogP contribution in [0.15, 0.2) is 24.3 Å². The topological polar surface area (TPSA) is 92.2 Å². The standard InChI is InChI=1S/C10H16N.ClHO4/c1-9-5-7-10(8-6-9)11(2,3)4;2-1(3,4)5/h5-8H,1-4H3;(H,2,3,4,5)/q+1;/p-1. The number of nitrogens with zero attached hydrogens (tertiary/aromatic N) is 1. The van der Waals surface area contributed by atoms with Crippen LogP contribution in [-0.2, 0) is 0 Å². The van der Waals surface area contributed by atoms with E-state index < -0.39 is 10.2 Å². The first-order chi connectivity index (χ1) is 7.00. The van der Waals surface area contributed by atoms with Gasteiger partial charge in [0.2, 0.25) is 0 Å². The van der Waals surface area contributed by atoms with Gasteiger partial charge in [0.1, 0.15) is 5.69 Å². The minimum absolute atomic E-state index is 0.889. The van der Waals surface area contributed by atoms with Crippen molar-refractivity contribution in [2.45, 2.75) is 6.92 Å². The molecule has 0 radical (unpaired) electrons. The lowest BCUT2D eigenvalue weighted by atomic mass is 10.2. The lowest BCUT2D eigenvalue weighted by Gasteiger charge is -2.23. The zero-order valence-corrected chi connectivity index (χ0v) is 10.5. The first kappa shape index (κ1) is 15.3. The van der Waals surface area contributed by atoms with Gasteiger partial charge in [-0.1, -0.05) is 17.7 Å². The number of quaternary nitrogens is 1. The largest absolute Gasteiger partial charge is 0.298 e. The first-order valence-electron chi connectivity index (χ1n) is 4.50. The molecule has 0 N–H and O–H groups in total. The molecule has 0 spiro atoms. The van der Waals surface area contributed by atoms with Crippen LogP contribution in [0.25, 0.3) is 0 Å². The van der Waals surface area contributed by atoms with E-state index in [1.165, 1.54) is 11.3 Å². The highest BCUT2D eigenvalue weighted by Crippen LogP contribution is 2.16. The summed E-state index contributed by atoms with van der Waals surface area (Å²) in [7, 11) is 1.57. The highest BCUT2D eigenvalue weighted by atomic mass is 35.7. The Balaban J connectivity index is 0.000000385. The number of aryl methyl sites for hydroxylation is 1. The summed E-state index contributed by atoms with van der Waals surface area (Å²) < 4.78 is 34.9. The molecule has 0 amide bonds. The van der Waals surface area contributed by atoms with Gasteiger partial charge in [0.05, 0.1) is 21.1 Å². The maximum atomic E-state index is 8.49. The molecule has 0 fully saturated rings. The van der Waals surface area contributed by atoms with Crippen LogP contribution in [0.1, 0.15) is 5.56 Å². The third-order valence-corrected chi connectivity index (χ3v) is 1.81. The Hall–Kier alpha value is -0.690. The van der Waals surface area contributed by atoms with Crippen molar-refractivity contribution in [2.24, 2.45) is 0 Å². The van der Waals surface area contributed by atoms with Crippen molar-refractivity contribution in [2.75, 3.05) is 21.1 Å². The molecule has 0 aromatic heterocycles. The molecule has 0 atom stereocenters. The molecule has 0 saturated carbocycles. The van der Waals surface area contributed by atoms with Gasteiger partial charge in [-0.05, 0) is 19.1 Å². The van der Waals surface area contributed by atoms with E-state index in [0.29, 0.717) is 0 Å². The number of halogens is 1. The lowest BCUT2D eigenvalue weighted by molar-refractivity contribution is -2.00. The van der Waals surface area contributed by atoms with Crippen molar-refractivity contribution in [1.82, 2.24) is 4.48 Å². The lowest BCUT2D eigenvalue weighted by Crippen LogP contribution is -2.68. The van der Waals surface area contributed by atoms with Gasteiger partial charge in [-0.25, -0.2) is 18.6 Å². The van der Waals surface area contributed by atoms with Gasteiger partial charge in [-0.3, -0.25) is 4.48 Å². The van der Waals surface area contributed by atoms with Gasteiger partial charge in [0.25, 0.3) is 0 Å². The Bertz CT molecular complexity index is 307. The van der Waals surface area contributed by atoms with Gasteiger partial charge in [0.15, 0.2) is 0 Å². The summed E-state index contributed by atoms with van der Waals surface area (Å²) in [6.07, 6.45) is 0. The highest BCUT2D eigenvalue weighted by Gasteiger charge is 2.09. The zero-order chi connectivity index (χ0) is 13.0. The van der Waals surface area contributed by atoms with Crippen LogP contribution in [0.5, 0.6) is 0 Å². The Morgan fingerprint density at radius 2 is 1.19 bits per heavy atom. The third kappa shape index (κ3) is 8.60. The van der Waals surface area contributed by atoms with Crippen molar-refractivity contribution in [3.8, 4) is 0 Å². The van der Waals surface area contributed by atoms with Crippen molar-refractivity contribution in [3.63, 3.8) is 0 Å². The second kappa shape index (κ2) is 5.58. The monoisotopic (exact) mass is 249 g/mol. The molecule has 5 nitrogen and oxygen atoms in total. The van der Waals surface area contributed by atoms with Crippen LogP contribution < -0.4 is 23.1 Å². The molecule has 92 valence electrons. The van der Waals surface area contributed by atoms with E-state index in [9.17, 15) is 0 Å². The molecule has 1 rings (SSSR count). The molecule has 0 saturated heterocycles. The van der Waals surface area contributed by atoms with E-state index in [4.69, 9.17) is 18.6 Å². The number of rotatable bonds is 1. The van der Waals surface area contributed by atoms with Crippen LogP contribution in [0.3, 0.4) is 0 Å². The molecule has 0 heterocycles. The van der Waals surface area contributed by atoms with Crippen LogP contribution in [0.4, 0.5) is 5.69 Å². The van der Waals surface area contributed by atoms with E-state index in [0.717, 1.165) is 4.48 Å². The van der Waals surface area contributed by atoms with Gasteiger partial charge >= 0.3 is 0 Å². The molecular weight excluding hydrogens is 234 g/mol. The van der Waals surface area contributed by atoms with Gasteiger partial charge < -0.3 is 0 Å². The molecule has 0 bridgehead atoms. The Morgan fingerprint density at radius 1 is 0.875 bits per heavy atom. The van der Waals surface area contributed by atoms with Gasteiger partial charge in [-0.15, -0.1) is 10.2 Å². The maximum absolute atomic E-state index is 8.49. The summed E-state index contributed by atoms with van der Waals surface area (Å²) in [6.45, 7) is 2.11. The summed E-state index contributed by atoms with van der Waals surface area (Å²) >= 11 is 0. The van der Waals surface area contributed by atoms with Gasteiger partial charge in [0, 0.05) is 0 Å². The van der Waals surface area contributed by atoms with Crippen LogP contribution >= 0.6 is 0 Å². The molecule has 6 heteroatoms. The predicted molar refractivity (Wildman–Crippen MR) is 50.7 cm³/mol. The van der Waals surface area contributed by atoms with Crippen molar-refractivity contribution < 1.29 is 28.9 Å². The summed E-state index contributed by atoms with van der Waals surface area (Å²) in [5.41, 5.74) is 2.66. The summed E-state index contributed by atoms with van der Waals surface area (Å²) in [6, 6.07) is 8.66. The maximum Gasteiger partial charge on any atom is 0.132 e. The molecule has 0 aliphatic carbocycles. The van der Waals surface area contributed by atoms with Crippen LogP contribution in [0, 0.1) is 17.2 Å². The number of hydrogen-bond donors (Lipinski definition) is 0. The summed E-state index contributed by atoms with van der Waals surface area (Å²) in [4.78, 5) is 0. The quantitative estimate of drug-likeness (QED) is 0.512. The SMILES string of the molecule is Cc1ccc([N+](C)(C)C)cc1.[O-][Cl+3]([O-])([O-])[O-]. The fourth-order valence-corrected chi connectivity index (χ4v) is 0.992. The second-order valence-electron chi connectivity index (χ2n) is 4.23. The van der Waals surface area contributed by atoms with Crippen molar-refractivity contribution in [1.29, 1.82) is 0 Å². The fraction of sp³-hybridized carbons (Fsp3) is 0.400. The Kier molecular flexibility index (Phi) is 5.34. The van der Waals surface area contributed by atoms with Crippen LogP contribution in [-0.4, -0.2) is 21.1 Å². The highest BCUT2D eigenvalue weighted by molar-refractivity contribution is 5.42. The first-order valence-corrected chi connectivity index (χ1v) is 5.74. The third-order valence-electron chi connectivity index (χ3n) is 1.81. The predicted octanol–water partition coefficient (Wildman–Crippen LogP) is -2.56. The van der Waals surface area contributed by atoms with E-state index in [-0.39, 0.29) is 0 Å². The van der Waals surface area contributed by atoms with E-state index in [2.05, 4.69) is 52.3 Å². The van der Waals surface area contributed by atoms with Crippen molar-refractivity contribution in [3.05, 3.63) is 29.8 Å². The minimum Gasteiger partial charge on any atom is -0.298 e. The molecule has 1 aromatic rings. The molecule has 0 aliphatic heterocycles. The zero-order valence-electron chi connectivity index (χ0n) is 9.77. The average molecular weight is 250 g/mol. The molecule has 0 aliphatic rings. The molecule has 16 heavy (non-hydrogen) atoms. The average Bonchev–Trinajstić information content (AvgIpc) is 1.99. The normalized spacial score (nSPS) is 11.8. The van der Waals surface area contributed by atoms with Gasteiger partial charge in [-0.2, -0.15) is 0 Å². The molecule has 1 aromatic carbocycles. The number of benzene rings is 1.